The number of Topliss-reactive ketones (excluding diaryl/α,β-unsaturated/α-hetero) is 1. The van der Waals surface area contributed by atoms with Crippen LogP contribution in [0.5, 0.6) is 0 Å². The summed E-state index contributed by atoms with van der Waals surface area (Å²) in [6, 6.07) is 11.8. The molecule has 0 saturated carbocycles. The second kappa shape index (κ2) is 6.56. The average Bonchev–Trinajstić information content (AvgIpc) is 2.55. The predicted molar refractivity (Wildman–Crippen MR) is 93.7 cm³/mol. The zero-order valence-corrected chi connectivity index (χ0v) is 14.5. The van der Waals surface area contributed by atoms with Crippen LogP contribution >= 0.6 is 0 Å². The van der Waals surface area contributed by atoms with Crippen LogP contribution in [0, 0.1) is 5.41 Å². The van der Waals surface area contributed by atoms with Gasteiger partial charge in [0.15, 0.2) is 0 Å². The molecule has 1 heterocycles. The lowest BCUT2D eigenvalue weighted by molar-refractivity contribution is -0.149. The van der Waals surface area contributed by atoms with Crippen molar-refractivity contribution in [3.05, 3.63) is 54.4 Å². The fourth-order valence-corrected chi connectivity index (χ4v) is 2.43. The van der Waals surface area contributed by atoms with Crippen molar-refractivity contribution in [1.29, 1.82) is 0 Å². The Morgan fingerprint density at radius 1 is 1.00 bits per heavy atom. The molecule has 0 saturated heterocycles. The molecule has 1 N–H and O–H groups in total. The Bertz CT molecular complexity index is 748. The number of rotatable bonds is 6. The summed E-state index contributed by atoms with van der Waals surface area (Å²) in [6.07, 6.45) is 3.42. The molecule has 0 amide bonds. The molecule has 126 valence electrons. The number of benzene rings is 1. The van der Waals surface area contributed by atoms with Crippen LogP contribution in [-0.2, 0) is 15.0 Å². The summed E-state index contributed by atoms with van der Waals surface area (Å²) < 4.78 is 0. The van der Waals surface area contributed by atoms with E-state index in [-0.39, 0.29) is 12.2 Å². The Morgan fingerprint density at radius 3 is 2.21 bits per heavy atom. The lowest BCUT2D eigenvalue weighted by atomic mass is 9.74. The maximum absolute atomic E-state index is 12.7. The maximum Gasteiger partial charge on any atom is 0.309 e. The van der Waals surface area contributed by atoms with Gasteiger partial charge >= 0.3 is 5.97 Å². The number of carbonyl (C=O) groups excluding carboxylic acids is 1. The number of hydrogen-bond donors (Lipinski definition) is 1. The van der Waals surface area contributed by atoms with Gasteiger partial charge in [-0.05, 0) is 44.9 Å². The maximum atomic E-state index is 12.7. The molecule has 0 aliphatic carbocycles. The molecule has 0 fully saturated rings. The number of hydrogen-bond acceptors (Lipinski definition) is 3. The molecule has 2 aromatic rings. The van der Waals surface area contributed by atoms with Crippen LogP contribution in [0.15, 0.2) is 48.8 Å². The van der Waals surface area contributed by atoms with Crippen LogP contribution < -0.4 is 0 Å². The van der Waals surface area contributed by atoms with Crippen LogP contribution in [0.2, 0.25) is 0 Å². The molecule has 0 aliphatic rings. The fourth-order valence-electron chi connectivity index (χ4n) is 2.43. The Balaban J connectivity index is 2.33. The average molecular weight is 325 g/mol. The number of nitrogens with zero attached hydrogens (tertiary/aromatic N) is 1. The smallest absolute Gasteiger partial charge is 0.309 e. The zero-order valence-electron chi connectivity index (χ0n) is 14.5. The largest absolute Gasteiger partial charge is 0.481 e. The highest BCUT2D eigenvalue weighted by molar-refractivity contribution is 5.93. The highest BCUT2D eigenvalue weighted by Gasteiger charge is 2.37. The number of aromatic nitrogens is 1. The van der Waals surface area contributed by atoms with Gasteiger partial charge in [-0.2, -0.15) is 0 Å². The van der Waals surface area contributed by atoms with E-state index in [0.717, 1.165) is 16.7 Å². The van der Waals surface area contributed by atoms with Crippen molar-refractivity contribution >= 4 is 11.8 Å². The summed E-state index contributed by atoms with van der Waals surface area (Å²) in [5, 5.41) is 9.25. The summed E-state index contributed by atoms with van der Waals surface area (Å²) >= 11 is 0. The van der Waals surface area contributed by atoms with E-state index in [1.807, 2.05) is 50.2 Å². The van der Waals surface area contributed by atoms with Crippen molar-refractivity contribution in [2.45, 2.75) is 39.5 Å². The molecule has 4 heteroatoms. The van der Waals surface area contributed by atoms with Crippen molar-refractivity contribution in [3.8, 4) is 11.1 Å². The fraction of sp³-hybridized carbons (Fsp3) is 0.350. The Morgan fingerprint density at radius 2 is 1.62 bits per heavy atom. The van der Waals surface area contributed by atoms with Crippen molar-refractivity contribution in [1.82, 2.24) is 4.98 Å². The molecule has 0 aliphatic heterocycles. The van der Waals surface area contributed by atoms with Crippen molar-refractivity contribution in [2.75, 3.05) is 0 Å². The number of carboxylic acids is 1. The molecule has 0 unspecified atom stereocenters. The number of carboxylic acid groups (broad SMARTS) is 1. The number of ketones is 1. The van der Waals surface area contributed by atoms with Crippen LogP contribution in [-0.4, -0.2) is 21.8 Å². The first kappa shape index (κ1) is 17.9. The van der Waals surface area contributed by atoms with Gasteiger partial charge in [0, 0.05) is 29.8 Å². The van der Waals surface area contributed by atoms with Gasteiger partial charge in [0.25, 0.3) is 0 Å². The van der Waals surface area contributed by atoms with Crippen LogP contribution in [0.1, 0.15) is 39.7 Å². The van der Waals surface area contributed by atoms with Gasteiger partial charge < -0.3 is 5.11 Å². The molecule has 0 bridgehead atoms. The summed E-state index contributed by atoms with van der Waals surface area (Å²) in [5.41, 5.74) is 0.867. The third kappa shape index (κ3) is 3.70. The Kier molecular flexibility index (Phi) is 4.88. The van der Waals surface area contributed by atoms with E-state index in [9.17, 15) is 14.7 Å². The van der Waals surface area contributed by atoms with Gasteiger partial charge in [-0.25, -0.2) is 0 Å². The first-order valence-corrected chi connectivity index (χ1v) is 7.92. The minimum atomic E-state index is -1.08. The quantitative estimate of drug-likeness (QED) is 0.868. The molecular weight excluding hydrogens is 302 g/mol. The molecule has 2 rings (SSSR count). The van der Waals surface area contributed by atoms with E-state index < -0.39 is 16.8 Å². The molecule has 0 spiro atoms. The zero-order chi connectivity index (χ0) is 18.0. The monoisotopic (exact) mass is 325 g/mol. The van der Waals surface area contributed by atoms with Crippen LogP contribution in [0.4, 0.5) is 0 Å². The summed E-state index contributed by atoms with van der Waals surface area (Å²) in [6.45, 7) is 6.78. The lowest BCUT2D eigenvalue weighted by Gasteiger charge is -2.28. The first-order valence-electron chi connectivity index (χ1n) is 7.92. The van der Waals surface area contributed by atoms with E-state index in [0.29, 0.717) is 0 Å². The van der Waals surface area contributed by atoms with E-state index in [4.69, 9.17) is 0 Å². The van der Waals surface area contributed by atoms with Crippen molar-refractivity contribution < 1.29 is 14.7 Å². The number of aliphatic carboxylic acids is 1. The minimum Gasteiger partial charge on any atom is -0.481 e. The van der Waals surface area contributed by atoms with E-state index in [2.05, 4.69) is 4.98 Å². The van der Waals surface area contributed by atoms with Crippen molar-refractivity contribution in [2.24, 2.45) is 5.41 Å². The number of pyridine rings is 1. The first-order chi connectivity index (χ1) is 11.1. The highest BCUT2D eigenvalue weighted by Crippen LogP contribution is 2.32. The molecular formula is C20H23NO3. The summed E-state index contributed by atoms with van der Waals surface area (Å²) in [7, 11) is 0. The molecule has 0 radical (unpaired) electrons. The third-order valence-electron chi connectivity index (χ3n) is 4.45. The predicted octanol–water partition coefficient (Wildman–Crippen LogP) is 4.10. The van der Waals surface area contributed by atoms with Gasteiger partial charge in [0.1, 0.15) is 5.78 Å². The second-order valence-corrected chi connectivity index (χ2v) is 7.24. The lowest BCUT2D eigenvalue weighted by Crippen LogP contribution is -2.36. The molecule has 4 nitrogen and oxygen atoms in total. The van der Waals surface area contributed by atoms with Crippen molar-refractivity contribution in [3.63, 3.8) is 0 Å². The van der Waals surface area contributed by atoms with Gasteiger partial charge in [0.05, 0.1) is 5.41 Å². The van der Waals surface area contributed by atoms with Gasteiger partial charge in [-0.15, -0.1) is 0 Å². The SMILES string of the molecule is CC(C)(CC(=O)C(C)(C)c1cncc(-c2ccccc2)c1)C(=O)O. The molecule has 0 atom stereocenters. The van der Waals surface area contributed by atoms with Crippen LogP contribution in [0.3, 0.4) is 0 Å². The molecule has 1 aromatic carbocycles. The summed E-state index contributed by atoms with van der Waals surface area (Å²) in [5.74, 6) is -1.08. The van der Waals surface area contributed by atoms with Crippen LogP contribution in [0.25, 0.3) is 11.1 Å². The Hall–Kier alpha value is -2.49. The highest BCUT2D eigenvalue weighted by atomic mass is 16.4. The van der Waals surface area contributed by atoms with E-state index in [1.54, 1.807) is 26.2 Å². The topological polar surface area (TPSA) is 67.3 Å². The van der Waals surface area contributed by atoms with E-state index >= 15 is 0 Å². The molecule has 1 aromatic heterocycles. The molecule has 24 heavy (non-hydrogen) atoms. The standard InChI is InChI=1S/C20H23NO3/c1-19(2,18(23)24)11-17(22)20(3,4)16-10-15(12-21-13-16)14-8-6-5-7-9-14/h5-10,12-13H,11H2,1-4H3,(H,23,24). The second-order valence-electron chi connectivity index (χ2n) is 7.24. The van der Waals surface area contributed by atoms with Gasteiger partial charge in [-0.3, -0.25) is 14.6 Å². The van der Waals surface area contributed by atoms with Gasteiger partial charge in [-0.1, -0.05) is 30.3 Å². The Labute approximate surface area is 142 Å². The third-order valence-corrected chi connectivity index (χ3v) is 4.45. The number of carbonyl (C=O) groups is 2. The van der Waals surface area contributed by atoms with E-state index in [1.165, 1.54) is 0 Å². The van der Waals surface area contributed by atoms with Gasteiger partial charge in [0.2, 0.25) is 0 Å². The minimum absolute atomic E-state index is 0.0229. The summed E-state index contributed by atoms with van der Waals surface area (Å²) in [4.78, 5) is 28.3. The normalized spacial score (nSPS) is 12.0.